The molecular formula is C10H13ClN2O. The van der Waals surface area contributed by atoms with Gasteiger partial charge in [-0.15, -0.1) is 0 Å². The predicted octanol–water partition coefficient (Wildman–Crippen LogP) is 2.54. The summed E-state index contributed by atoms with van der Waals surface area (Å²) in [5.41, 5.74) is 1.40. The van der Waals surface area contributed by atoms with Gasteiger partial charge in [0.15, 0.2) is 6.29 Å². The number of aryl methyl sites for hydroxylation is 1. The van der Waals surface area contributed by atoms with E-state index in [2.05, 4.69) is 5.10 Å². The number of halogens is 1. The van der Waals surface area contributed by atoms with Crippen LogP contribution in [0.25, 0.3) is 0 Å². The summed E-state index contributed by atoms with van der Waals surface area (Å²) in [7, 11) is 1.76. The molecule has 0 bridgehead atoms. The lowest BCUT2D eigenvalue weighted by Crippen LogP contribution is -1.98. The van der Waals surface area contributed by atoms with Crippen LogP contribution < -0.4 is 0 Å². The van der Waals surface area contributed by atoms with Crippen molar-refractivity contribution >= 4 is 17.9 Å². The molecule has 14 heavy (non-hydrogen) atoms. The van der Waals surface area contributed by atoms with E-state index in [4.69, 9.17) is 11.6 Å². The summed E-state index contributed by atoms with van der Waals surface area (Å²) in [6.45, 7) is 0. The lowest BCUT2D eigenvalue weighted by atomic mass is 10.0. The molecule has 2 rings (SSSR count). The van der Waals surface area contributed by atoms with Crippen LogP contribution in [0.5, 0.6) is 0 Å². The first kappa shape index (κ1) is 9.71. The number of carbonyl (C=O) groups excluding carboxylic acids is 1. The van der Waals surface area contributed by atoms with Gasteiger partial charge in [-0.1, -0.05) is 24.4 Å². The molecule has 0 aromatic carbocycles. The zero-order valence-corrected chi connectivity index (χ0v) is 8.92. The van der Waals surface area contributed by atoms with Gasteiger partial charge < -0.3 is 0 Å². The van der Waals surface area contributed by atoms with Gasteiger partial charge in [0.25, 0.3) is 0 Å². The van der Waals surface area contributed by atoms with Crippen molar-refractivity contribution in [3.05, 3.63) is 16.4 Å². The Morgan fingerprint density at radius 3 is 2.64 bits per heavy atom. The Balaban J connectivity index is 2.38. The summed E-state index contributed by atoms with van der Waals surface area (Å²) in [5.74, 6) is 0.461. The van der Waals surface area contributed by atoms with Crippen LogP contribution in [-0.2, 0) is 7.05 Å². The Labute approximate surface area is 88.1 Å². The first-order valence-corrected chi connectivity index (χ1v) is 5.29. The van der Waals surface area contributed by atoms with Gasteiger partial charge in [-0.05, 0) is 12.8 Å². The second kappa shape index (κ2) is 3.73. The fourth-order valence-electron chi connectivity index (χ4n) is 2.12. The summed E-state index contributed by atoms with van der Waals surface area (Å²) in [4.78, 5) is 10.7. The van der Waals surface area contributed by atoms with Gasteiger partial charge in [0.1, 0.15) is 5.69 Å². The van der Waals surface area contributed by atoms with Gasteiger partial charge >= 0.3 is 0 Å². The Bertz CT molecular complexity index is 353. The molecule has 1 heterocycles. The van der Waals surface area contributed by atoms with Crippen molar-refractivity contribution in [2.24, 2.45) is 7.05 Å². The highest BCUT2D eigenvalue weighted by Gasteiger charge is 2.24. The van der Waals surface area contributed by atoms with Crippen molar-refractivity contribution in [2.45, 2.75) is 31.6 Å². The fraction of sp³-hybridized carbons (Fsp3) is 0.600. The lowest BCUT2D eigenvalue weighted by molar-refractivity contribution is 0.111. The lowest BCUT2D eigenvalue weighted by Gasteiger charge is -2.04. The highest BCUT2D eigenvalue weighted by atomic mass is 35.5. The van der Waals surface area contributed by atoms with E-state index >= 15 is 0 Å². The molecule has 0 amide bonds. The van der Waals surface area contributed by atoms with Crippen molar-refractivity contribution in [2.75, 3.05) is 0 Å². The maximum atomic E-state index is 10.7. The Morgan fingerprint density at radius 1 is 1.50 bits per heavy atom. The minimum absolute atomic E-state index is 0.461. The third kappa shape index (κ3) is 1.46. The quantitative estimate of drug-likeness (QED) is 0.707. The van der Waals surface area contributed by atoms with Crippen LogP contribution in [0.2, 0.25) is 5.02 Å². The largest absolute Gasteiger partial charge is 0.296 e. The summed E-state index contributed by atoms with van der Waals surface area (Å²) in [5, 5.41) is 4.87. The van der Waals surface area contributed by atoms with E-state index < -0.39 is 0 Å². The molecule has 0 saturated heterocycles. The molecule has 4 heteroatoms. The smallest absolute Gasteiger partial charge is 0.169 e. The predicted molar refractivity (Wildman–Crippen MR) is 54.8 cm³/mol. The van der Waals surface area contributed by atoms with E-state index in [1.54, 1.807) is 11.7 Å². The third-order valence-electron chi connectivity index (χ3n) is 2.91. The zero-order valence-electron chi connectivity index (χ0n) is 8.16. The highest BCUT2D eigenvalue weighted by molar-refractivity contribution is 6.33. The maximum Gasteiger partial charge on any atom is 0.169 e. The summed E-state index contributed by atoms with van der Waals surface area (Å²) < 4.78 is 1.57. The number of carbonyl (C=O) groups is 1. The second-order valence-corrected chi connectivity index (χ2v) is 4.19. The van der Waals surface area contributed by atoms with E-state index in [1.807, 2.05) is 0 Å². The van der Waals surface area contributed by atoms with Crippen LogP contribution in [-0.4, -0.2) is 16.1 Å². The first-order valence-electron chi connectivity index (χ1n) is 4.91. The fourth-order valence-corrected chi connectivity index (χ4v) is 2.48. The number of hydrogen-bond donors (Lipinski definition) is 0. The van der Waals surface area contributed by atoms with Crippen LogP contribution >= 0.6 is 11.6 Å². The molecule has 1 aliphatic carbocycles. The average Bonchev–Trinajstić information content (AvgIpc) is 2.74. The van der Waals surface area contributed by atoms with Crippen LogP contribution in [0, 0.1) is 0 Å². The van der Waals surface area contributed by atoms with Gasteiger partial charge in [-0.2, -0.15) is 5.10 Å². The molecule has 1 aromatic heterocycles. The number of aldehydes is 1. The standard InChI is InChI=1S/C10H13ClN2O/c1-13-8(6-14)9(11)10(12-13)7-4-2-3-5-7/h6-7H,2-5H2,1H3. The summed E-state index contributed by atoms with van der Waals surface area (Å²) in [6, 6.07) is 0. The third-order valence-corrected chi connectivity index (χ3v) is 3.30. The van der Waals surface area contributed by atoms with Crippen molar-refractivity contribution in [3.63, 3.8) is 0 Å². The second-order valence-electron chi connectivity index (χ2n) is 3.81. The molecular weight excluding hydrogens is 200 g/mol. The van der Waals surface area contributed by atoms with E-state index in [-0.39, 0.29) is 0 Å². The van der Waals surface area contributed by atoms with Crippen molar-refractivity contribution < 1.29 is 4.79 Å². The molecule has 0 unspecified atom stereocenters. The summed E-state index contributed by atoms with van der Waals surface area (Å²) >= 11 is 6.10. The highest BCUT2D eigenvalue weighted by Crippen LogP contribution is 2.37. The monoisotopic (exact) mass is 212 g/mol. The van der Waals surface area contributed by atoms with E-state index in [9.17, 15) is 4.79 Å². The van der Waals surface area contributed by atoms with Gasteiger partial charge in [-0.25, -0.2) is 0 Å². The Morgan fingerprint density at radius 2 is 2.14 bits per heavy atom. The van der Waals surface area contributed by atoms with Crippen molar-refractivity contribution in [1.29, 1.82) is 0 Å². The van der Waals surface area contributed by atoms with Crippen LogP contribution in [0.15, 0.2) is 0 Å². The number of rotatable bonds is 2. The molecule has 1 aromatic rings. The molecule has 0 aliphatic heterocycles. The first-order chi connectivity index (χ1) is 6.74. The minimum Gasteiger partial charge on any atom is -0.296 e. The average molecular weight is 213 g/mol. The molecule has 0 radical (unpaired) electrons. The van der Waals surface area contributed by atoms with Gasteiger partial charge in [0.2, 0.25) is 0 Å². The van der Waals surface area contributed by atoms with Gasteiger partial charge in [0.05, 0.1) is 10.7 Å². The van der Waals surface area contributed by atoms with Crippen LogP contribution in [0.3, 0.4) is 0 Å². The topological polar surface area (TPSA) is 34.9 Å². The molecule has 0 atom stereocenters. The molecule has 1 saturated carbocycles. The number of aromatic nitrogens is 2. The van der Waals surface area contributed by atoms with Crippen LogP contribution in [0.1, 0.15) is 47.8 Å². The SMILES string of the molecule is Cn1nc(C2CCCC2)c(Cl)c1C=O. The van der Waals surface area contributed by atoms with Gasteiger partial charge in [-0.3, -0.25) is 9.48 Å². The maximum absolute atomic E-state index is 10.7. The van der Waals surface area contributed by atoms with Crippen molar-refractivity contribution in [3.8, 4) is 0 Å². The Kier molecular flexibility index (Phi) is 2.59. The number of hydrogen-bond acceptors (Lipinski definition) is 2. The normalized spacial score (nSPS) is 17.6. The molecule has 1 aliphatic rings. The zero-order chi connectivity index (χ0) is 10.1. The van der Waals surface area contributed by atoms with E-state index in [0.717, 1.165) is 24.8 Å². The van der Waals surface area contributed by atoms with Crippen molar-refractivity contribution in [1.82, 2.24) is 9.78 Å². The van der Waals surface area contributed by atoms with Crippen LogP contribution in [0.4, 0.5) is 0 Å². The molecule has 1 fully saturated rings. The minimum atomic E-state index is 0.461. The van der Waals surface area contributed by atoms with E-state index in [0.29, 0.717) is 16.6 Å². The molecule has 0 spiro atoms. The van der Waals surface area contributed by atoms with E-state index in [1.165, 1.54) is 12.8 Å². The molecule has 0 N–H and O–H groups in total. The molecule has 76 valence electrons. The number of nitrogens with zero attached hydrogens (tertiary/aromatic N) is 2. The van der Waals surface area contributed by atoms with Gasteiger partial charge in [0, 0.05) is 13.0 Å². The summed E-state index contributed by atoms with van der Waals surface area (Å²) in [6.07, 6.45) is 5.56. The molecule has 3 nitrogen and oxygen atoms in total. The Hall–Kier alpha value is -0.830.